The monoisotopic (exact) mass is 374 g/mol. The molecule has 0 aliphatic heterocycles. The smallest absolute Gasteiger partial charge is 0.340 e. The quantitative estimate of drug-likeness (QED) is 0.458. The van der Waals surface area contributed by atoms with E-state index in [9.17, 15) is 4.79 Å². The number of aromatic amines is 1. The number of aryl methyl sites for hydroxylation is 1. The average Bonchev–Trinajstić information content (AvgIpc) is 3.12. The van der Waals surface area contributed by atoms with Crippen LogP contribution in [0.2, 0.25) is 0 Å². The van der Waals surface area contributed by atoms with Gasteiger partial charge in [-0.25, -0.2) is 4.79 Å². The van der Waals surface area contributed by atoms with Crippen molar-refractivity contribution in [2.45, 2.75) is 13.5 Å². The summed E-state index contributed by atoms with van der Waals surface area (Å²) < 4.78 is 5.36. The molecule has 4 aromatic rings. The van der Waals surface area contributed by atoms with Gasteiger partial charge in [0.05, 0.1) is 5.56 Å². The molecule has 8 heteroatoms. The lowest BCUT2D eigenvalue weighted by Gasteiger charge is -2.08. The molecule has 8 nitrogen and oxygen atoms in total. The molecule has 0 saturated heterocycles. The molecule has 2 aromatic heterocycles. The Balaban J connectivity index is 1.48. The first-order chi connectivity index (χ1) is 13.6. The highest BCUT2D eigenvalue weighted by molar-refractivity contribution is 6.03. The van der Waals surface area contributed by atoms with Crippen molar-refractivity contribution in [3.05, 3.63) is 71.7 Å². The Morgan fingerprint density at radius 3 is 2.71 bits per heavy atom. The number of hydrogen-bond donors (Lipinski definition) is 3. The molecule has 0 aliphatic rings. The third-order valence-electron chi connectivity index (χ3n) is 4.15. The van der Waals surface area contributed by atoms with Crippen molar-refractivity contribution >= 4 is 34.5 Å². The number of carbonyl (C=O) groups excluding carboxylic acids is 1. The minimum absolute atomic E-state index is 0.0442. The normalized spacial score (nSPS) is 10.8. The van der Waals surface area contributed by atoms with Crippen LogP contribution >= 0.6 is 0 Å². The number of nitrogens with two attached hydrogens (primary N) is 1. The Bertz CT molecular complexity index is 1140. The van der Waals surface area contributed by atoms with E-state index >= 15 is 0 Å². The number of carbonyl (C=O) groups is 1. The molecule has 0 unspecified atom stereocenters. The highest BCUT2D eigenvalue weighted by atomic mass is 16.5. The van der Waals surface area contributed by atoms with Crippen LogP contribution in [0.3, 0.4) is 0 Å². The molecule has 0 atom stereocenters. The van der Waals surface area contributed by atoms with Gasteiger partial charge in [-0.15, -0.1) is 0 Å². The fraction of sp³-hybridized carbons (Fsp3) is 0.100. The first-order valence-electron chi connectivity index (χ1n) is 8.66. The lowest BCUT2D eigenvalue weighted by Crippen LogP contribution is -2.11. The largest absolute Gasteiger partial charge is 0.454 e. The van der Waals surface area contributed by atoms with E-state index in [0.717, 1.165) is 22.2 Å². The summed E-state index contributed by atoms with van der Waals surface area (Å²) in [4.78, 5) is 27.8. The summed E-state index contributed by atoms with van der Waals surface area (Å²) in [6.07, 6.45) is 1.62. The van der Waals surface area contributed by atoms with Crippen LogP contribution in [0.25, 0.3) is 10.9 Å². The minimum Gasteiger partial charge on any atom is -0.454 e. The minimum atomic E-state index is -0.468. The summed E-state index contributed by atoms with van der Waals surface area (Å²) in [5.41, 5.74) is 9.05. The van der Waals surface area contributed by atoms with Crippen LogP contribution in [0.1, 0.15) is 21.7 Å². The Morgan fingerprint density at radius 1 is 1.11 bits per heavy atom. The van der Waals surface area contributed by atoms with Gasteiger partial charge < -0.3 is 20.8 Å². The van der Waals surface area contributed by atoms with Crippen molar-refractivity contribution in [2.75, 3.05) is 11.1 Å². The van der Waals surface area contributed by atoms with Gasteiger partial charge in [-0.05, 0) is 25.1 Å². The van der Waals surface area contributed by atoms with E-state index < -0.39 is 5.97 Å². The first-order valence-corrected chi connectivity index (χ1v) is 8.66. The number of nitrogens with zero attached hydrogens (tertiary/aromatic N) is 3. The van der Waals surface area contributed by atoms with E-state index in [-0.39, 0.29) is 24.3 Å². The molecule has 0 radical (unpaired) electrons. The van der Waals surface area contributed by atoms with E-state index in [1.165, 1.54) is 0 Å². The van der Waals surface area contributed by atoms with Crippen LogP contribution in [-0.2, 0) is 11.3 Å². The van der Waals surface area contributed by atoms with Gasteiger partial charge >= 0.3 is 5.97 Å². The number of esters is 1. The maximum atomic E-state index is 12.4. The molecule has 140 valence electrons. The Hall–Kier alpha value is -3.94. The zero-order valence-corrected chi connectivity index (χ0v) is 15.1. The predicted octanol–water partition coefficient (Wildman–Crippen LogP) is 3.34. The van der Waals surface area contributed by atoms with Crippen LogP contribution in [0.5, 0.6) is 0 Å². The molecule has 0 saturated carbocycles. The van der Waals surface area contributed by atoms with Crippen LogP contribution in [0.4, 0.5) is 17.6 Å². The molecule has 0 spiro atoms. The van der Waals surface area contributed by atoms with Gasteiger partial charge in [-0.2, -0.15) is 15.0 Å². The van der Waals surface area contributed by atoms with Crippen molar-refractivity contribution in [1.29, 1.82) is 0 Å². The Kier molecular flexibility index (Phi) is 4.59. The van der Waals surface area contributed by atoms with Gasteiger partial charge in [0.15, 0.2) is 12.4 Å². The maximum Gasteiger partial charge on any atom is 0.340 e. The number of nitrogen functional groups attached to an aromatic ring is 1. The van der Waals surface area contributed by atoms with E-state index in [0.29, 0.717) is 5.56 Å². The third-order valence-corrected chi connectivity index (χ3v) is 4.15. The number of para-hydroxylation sites is 1. The molecule has 0 amide bonds. The van der Waals surface area contributed by atoms with Crippen molar-refractivity contribution in [3.8, 4) is 0 Å². The second kappa shape index (κ2) is 7.36. The number of rotatable bonds is 5. The van der Waals surface area contributed by atoms with Crippen molar-refractivity contribution in [2.24, 2.45) is 0 Å². The number of hydrogen-bond acceptors (Lipinski definition) is 7. The van der Waals surface area contributed by atoms with Gasteiger partial charge in [-0.1, -0.05) is 35.9 Å². The molecule has 4 N–H and O–H groups in total. The third kappa shape index (κ3) is 3.75. The Morgan fingerprint density at radius 2 is 1.89 bits per heavy atom. The fourth-order valence-corrected chi connectivity index (χ4v) is 2.77. The number of nitrogens with one attached hydrogen (secondary N) is 2. The summed E-state index contributed by atoms with van der Waals surface area (Å²) in [7, 11) is 0. The van der Waals surface area contributed by atoms with E-state index in [2.05, 4.69) is 25.3 Å². The first kappa shape index (κ1) is 17.5. The van der Waals surface area contributed by atoms with Crippen LogP contribution in [0.15, 0.2) is 54.7 Å². The zero-order valence-electron chi connectivity index (χ0n) is 15.1. The summed E-state index contributed by atoms with van der Waals surface area (Å²) in [5, 5.41) is 3.86. The topological polar surface area (TPSA) is 119 Å². The SMILES string of the molecule is Cc1ccc(Nc2nc(N)nc(COC(=O)c3c[nH]c4ccccc34)n2)cc1. The van der Waals surface area contributed by atoms with Crippen molar-refractivity contribution < 1.29 is 9.53 Å². The number of benzene rings is 2. The fourth-order valence-electron chi connectivity index (χ4n) is 2.77. The number of ether oxygens (including phenoxy) is 1. The van der Waals surface area contributed by atoms with Crippen molar-refractivity contribution in [3.63, 3.8) is 0 Å². The summed E-state index contributed by atoms with van der Waals surface area (Å²) in [5.74, 6) is 0.122. The predicted molar refractivity (Wildman–Crippen MR) is 106 cm³/mol. The Labute approximate surface area is 160 Å². The molecule has 2 aromatic carbocycles. The molecular weight excluding hydrogens is 356 g/mol. The van der Waals surface area contributed by atoms with Crippen molar-refractivity contribution in [1.82, 2.24) is 19.9 Å². The molecule has 28 heavy (non-hydrogen) atoms. The molecule has 4 rings (SSSR count). The van der Waals surface area contributed by atoms with Gasteiger partial charge in [0.1, 0.15) is 0 Å². The molecular formula is C20H18N6O2. The second-order valence-corrected chi connectivity index (χ2v) is 6.25. The van der Waals surface area contributed by atoms with Gasteiger partial charge in [0.25, 0.3) is 0 Å². The summed E-state index contributed by atoms with van der Waals surface area (Å²) in [6.45, 7) is 1.89. The zero-order chi connectivity index (χ0) is 19.5. The number of aromatic nitrogens is 4. The van der Waals surface area contributed by atoms with E-state index in [1.807, 2.05) is 55.5 Å². The number of anilines is 3. The van der Waals surface area contributed by atoms with Crippen LogP contribution in [0, 0.1) is 6.92 Å². The van der Waals surface area contributed by atoms with E-state index in [4.69, 9.17) is 10.5 Å². The lowest BCUT2D eigenvalue weighted by molar-refractivity contribution is 0.0464. The van der Waals surface area contributed by atoms with Gasteiger partial charge in [0, 0.05) is 22.8 Å². The molecule has 0 aliphatic carbocycles. The molecule has 2 heterocycles. The summed E-state index contributed by atoms with van der Waals surface area (Å²) in [6, 6.07) is 15.3. The standard InChI is InChI=1S/C20H18N6O2/c1-12-6-8-13(9-7-12)23-20-25-17(24-19(21)26-20)11-28-18(27)15-10-22-16-5-3-2-4-14(15)16/h2-10,22H,11H2,1H3,(H3,21,23,24,25,26). The second-order valence-electron chi connectivity index (χ2n) is 6.25. The highest BCUT2D eigenvalue weighted by Crippen LogP contribution is 2.19. The van der Waals surface area contributed by atoms with Gasteiger partial charge in [-0.3, -0.25) is 0 Å². The molecule has 0 fully saturated rings. The molecule has 0 bridgehead atoms. The summed E-state index contributed by atoms with van der Waals surface area (Å²) >= 11 is 0. The number of H-pyrrole nitrogens is 1. The van der Waals surface area contributed by atoms with Gasteiger partial charge in [0.2, 0.25) is 11.9 Å². The number of fused-ring (bicyclic) bond motifs is 1. The van der Waals surface area contributed by atoms with Crippen LogP contribution in [-0.4, -0.2) is 25.9 Å². The van der Waals surface area contributed by atoms with Crippen LogP contribution < -0.4 is 11.1 Å². The average molecular weight is 374 g/mol. The van der Waals surface area contributed by atoms with E-state index in [1.54, 1.807) is 6.20 Å². The lowest BCUT2D eigenvalue weighted by atomic mass is 10.2. The maximum absolute atomic E-state index is 12.4. The highest BCUT2D eigenvalue weighted by Gasteiger charge is 2.14.